The van der Waals surface area contributed by atoms with Crippen molar-refractivity contribution < 1.29 is 23.9 Å². The zero-order valence-corrected chi connectivity index (χ0v) is 18.8. The number of esters is 1. The Morgan fingerprint density at radius 1 is 1.03 bits per heavy atom. The van der Waals surface area contributed by atoms with E-state index in [2.05, 4.69) is 20.7 Å². The Morgan fingerprint density at radius 3 is 2.48 bits per heavy atom. The van der Waals surface area contributed by atoms with E-state index >= 15 is 0 Å². The van der Waals surface area contributed by atoms with Crippen molar-refractivity contribution >= 4 is 23.5 Å². The lowest BCUT2D eigenvalue weighted by Crippen LogP contribution is -2.28. The molecule has 3 rings (SSSR count). The van der Waals surface area contributed by atoms with Gasteiger partial charge >= 0.3 is 5.97 Å². The summed E-state index contributed by atoms with van der Waals surface area (Å²) < 4.78 is 11.5. The number of aromatic nitrogens is 3. The fourth-order valence-corrected chi connectivity index (χ4v) is 3.17. The molecule has 2 amide bonds. The molecule has 0 atom stereocenters. The Labute approximate surface area is 190 Å². The van der Waals surface area contributed by atoms with Gasteiger partial charge in [-0.3, -0.25) is 9.59 Å². The zero-order valence-electron chi connectivity index (χ0n) is 18.8. The molecule has 10 heteroatoms. The highest BCUT2D eigenvalue weighted by molar-refractivity contribution is 6.05. The van der Waals surface area contributed by atoms with Crippen LogP contribution in [-0.4, -0.2) is 46.8 Å². The van der Waals surface area contributed by atoms with E-state index in [4.69, 9.17) is 9.47 Å². The third-order valence-corrected chi connectivity index (χ3v) is 4.75. The minimum Gasteiger partial charge on any atom is -0.497 e. The molecular formula is C23H25N5O5. The van der Waals surface area contributed by atoms with Gasteiger partial charge in [-0.1, -0.05) is 6.07 Å². The van der Waals surface area contributed by atoms with Crippen LogP contribution >= 0.6 is 0 Å². The molecule has 2 N–H and O–H groups in total. The van der Waals surface area contributed by atoms with E-state index in [9.17, 15) is 14.4 Å². The number of ether oxygens (including phenoxy) is 2. The van der Waals surface area contributed by atoms with Crippen LogP contribution in [0.2, 0.25) is 0 Å². The number of hydrogen-bond acceptors (Lipinski definition) is 7. The van der Waals surface area contributed by atoms with Crippen LogP contribution in [0.25, 0.3) is 0 Å². The lowest BCUT2D eigenvalue weighted by molar-refractivity contribution is -0.122. The van der Waals surface area contributed by atoms with Gasteiger partial charge in [0.2, 0.25) is 5.91 Å². The number of nitrogens with zero attached hydrogens (tertiary/aromatic N) is 3. The number of rotatable bonds is 8. The summed E-state index contributed by atoms with van der Waals surface area (Å²) in [7, 11) is 2.79. The molecule has 33 heavy (non-hydrogen) atoms. The van der Waals surface area contributed by atoms with Crippen LogP contribution in [0, 0.1) is 13.8 Å². The molecule has 0 saturated heterocycles. The minimum atomic E-state index is -0.561. The second-order valence-corrected chi connectivity index (χ2v) is 7.24. The first-order valence-corrected chi connectivity index (χ1v) is 10.1. The van der Waals surface area contributed by atoms with Crippen LogP contribution in [0.15, 0.2) is 42.5 Å². The normalized spacial score (nSPS) is 10.4. The molecule has 3 aromatic rings. The van der Waals surface area contributed by atoms with Gasteiger partial charge in [0.1, 0.15) is 23.9 Å². The maximum atomic E-state index is 12.7. The molecular weight excluding hydrogens is 426 g/mol. The molecule has 172 valence electrons. The van der Waals surface area contributed by atoms with Gasteiger partial charge in [-0.2, -0.15) is 5.10 Å². The number of amides is 2. The fraction of sp³-hybridized carbons (Fsp3) is 0.261. The Hall–Kier alpha value is -4.21. The average molecular weight is 451 g/mol. The maximum absolute atomic E-state index is 12.7. The first-order valence-electron chi connectivity index (χ1n) is 10.1. The Balaban J connectivity index is 1.75. The molecule has 0 aliphatic carbocycles. The number of benzene rings is 2. The number of nitrogens with one attached hydrogen (secondary N) is 2. The third kappa shape index (κ3) is 6.16. The Kier molecular flexibility index (Phi) is 7.39. The fourth-order valence-electron chi connectivity index (χ4n) is 3.17. The summed E-state index contributed by atoms with van der Waals surface area (Å²) in [6, 6.07) is 11.5. The van der Waals surface area contributed by atoms with E-state index in [1.54, 1.807) is 50.2 Å². The lowest BCUT2D eigenvalue weighted by atomic mass is 10.1. The van der Waals surface area contributed by atoms with E-state index in [0.717, 1.165) is 0 Å². The lowest BCUT2D eigenvalue weighted by Gasteiger charge is -2.12. The number of aryl methyl sites for hydroxylation is 2. The van der Waals surface area contributed by atoms with Crippen molar-refractivity contribution in [2.24, 2.45) is 0 Å². The van der Waals surface area contributed by atoms with Gasteiger partial charge in [0.25, 0.3) is 5.91 Å². The molecule has 10 nitrogen and oxygen atoms in total. The number of hydrogen-bond donors (Lipinski definition) is 2. The van der Waals surface area contributed by atoms with Crippen molar-refractivity contribution in [2.45, 2.75) is 26.9 Å². The highest BCUT2D eigenvalue weighted by Gasteiger charge is 2.14. The molecule has 0 aliphatic heterocycles. The van der Waals surface area contributed by atoms with Gasteiger partial charge in [0.15, 0.2) is 0 Å². The molecule has 0 spiro atoms. The first-order chi connectivity index (χ1) is 15.8. The predicted molar refractivity (Wildman–Crippen MR) is 120 cm³/mol. The quantitative estimate of drug-likeness (QED) is 0.503. The molecule has 2 aromatic carbocycles. The standard InChI is InChI=1S/C23H25N5O5/c1-14-25-15(2)28(27-14)13-21(29)24-12-16-8-18(23(31)33-4)10-19(9-16)26-22(30)17-6-5-7-20(11-17)32-3/h5-11H,12-13H2,1-4H3,(H,24,29)(H,26,30). The van der Waals surface area contributed by atoms with E-state index in [0.29, 0.717) is 34.2 Å². The summed E-state index contributed by atoms with van der Waals surface area (Å²) in [5.74, 6) is 0.567. The highest BCUT2D eigenvalue weighted by atomic mass is 16.5. The van der Waals surface area contributed by atoms with Crippen molar-refractivity contribution in [3.63, 3.8) is 0 Å². The molecule has 0 aliphatic rings. The largest absolute Gasteiger partial charge is 0.497 e. The van der Waals surface area contributed by atoms with Gasteiger partial charge in [0.05, 0.1) is 19.8 Å². The van der Waals surface area contributed by atoms with E-state index < -0.39 is 5.97 Å². The molecule has 1 aromatic heterocycles. The number of anilines is 1. The topological polar surface area (TPSA) is 124 Å². The van der Waals surface area contributed by atoms with Crippen molar-refractivity contribution in [1.29, 1.82) is 0 Å². The SMILES string of the molecule is COC(=O)c1cc(CNC(=O)Cn2nc(C)nc2C)cc(NC(=O)c2cccc(OC)c2)c1. The van der Waals surface area contributed by atoms with Crippen LogP contribution in [0.1, 0.15) is 37.9 Å². The molecule has 0 unspecified atom stereocenters. The number of carbonyl (C=O) groups excluding carboxylic acids is 3. The van der Waals surface area contributed by atoms with Crippen LogP contribution in [0.4, 0.5) is 5.69 Å². The summed E-state index contributed by atoms with van der Waals surface area (Å²) in [5.41, 5.74) is 1.63. The van der Waals surface area contributed by atoms with Crippen LogP contribution in [0.3, 0.4) is 0 Å². The van der Waals surface area contributed by atoms with Crippen LogP contribution in [-0.2, 0) is 22.6 Å². The first kappa shape index (κ1) is 23.5. The summed E-state index contributed by atoms with van der Waals surface area (Å²) in [4.78, 5) is 41.3. The Morgan fingerprint density at radius 2 is 1.82 bits per heavy atom. The number of carbonyl (C=O) groups is 3. The monoisotopic (exact) mass is 451 g/mol. The summed E-state index contributed by atoms with van der Waals surface area (Å²) >= 11 is 0. The second kappa shape index (κ2) is 10.4. The molecule has 0 radical (unpaired) electrons. The van der Waals surface area contributed by atoms with Crippen molar-refractivity contribution in [3.05, 3.63) is 70.8 Å². The van der Waals surface area contributed by atoms with E-state index in [1.807, 2.05) is 0 Å². The zero-order chi connectivity index (χ0) is 24.0. The molecule has 0 bridgehead atoms. The summed E-state index contributed by atoms with van der Waals surface area (Å²) in [5, 5.41) is 9.72. The average Bonchev–Trinajstić information content (AvgIpc) is 3.13. The van der Waals surface area contributed by atoms with E-state index in [1.165, 1.54) is 25.0 Å². The summed E-state index contributed by atoms with van der Waals surface area (Å²) in [6.07, 6.45) is 0. The van der Waals surface area contributed by atoms with Gasteiger partial charge in [0, 0.05) is 17.8 Å². The van der Waals surface area contributed by atoms with Crippen molar-refractivity contribution in [1.82, 2.24) is 20.1 Å². The van der Waals surface area contributed by atoms with Gasteiger partial charge in [-0.15, -0.1) is 0 Å². The van der Waals surface area contributed by atoms with Gasteiger partial charge < -0.3 is 20.1 Å². The van der Waals surface area contributed by atoms with E-state index in [-0.39, 0.29) is 30.5 Å². The molecule has 1 heterocycles. The number of methoxy groups -OCH3 is 2. The smallest absolute Gasteiger partial charge is 0.337 e. The van der Waals surface area contributed by atoms with Crippen molar-refractivity contribution in [2.75, 3.05) is 19.5 Å². The molecule has 0 saturated carbocycles. The van der Waals surface area contributed by atoms with Gasteiger partial charge in [-0.25, -0.2) is 14.5 Å². The second-order valence-electron chi connectivity index (χ2n) is 7.24. The predicted octanol–water partition coefficient (Wildman–Crippen LogP) is 2.26. The highest BCUT2D eigenvalue weighted by Crippen LogP contribution is 2.19. The van der Waals surface area contributed by atoms with Crippen LogP contribution in [0.5, 0.6) is 5.75 Å². The van der Waals surface area contributed by atoms with Crippen molar-refractivity contribution in [3.8, 4) is 5.75 Å². The van der Waals surface area contributed by atoms with Gasteiger partial charge in [-0.05, 0) is 55.8 Å². The third-order valence-electron chi connectivity index (χ3n) is 4.75. The van der Waals surface area contributed by atoms with Crippen LogP contribution < -0.4 is 15.4 Å². The molecule has 0 fully saturated rings. The minimum absolute atomic E-state index is 0.0167. The summed E-state index contributed by atoms with van der Waals surface area (Å²) in [6.45, 7) is 3.67. The Bertz CT molecular complexity index is 1190. The maximum Gasteiger partial charge on any atom is 0.337 e.